The minimum absolute atomic E-state index is 0.120. The van der Waals surface area contributed by atoms with Gasteiger partial charge in [0.05, 0.1) is 19.8 Å². The fourth-order valence-electron chi connectivity index (χ4n) is 5.03. The SMILES string of the molecule is CC/C=C\C/C=C\C/C=C\CCCCCCCC(=O)OC(COCCCCCCCCC)COC1OC(CO)C(O)C(O)C1O. The smallest absolute Gasteiger partial charge is 0.306 e. The summed E-state index contributed by atoms with van der Waals surface area (Å²) < 4.78 is 22.5. The minimum Gasteiger partial charge on any atom is -0.457 e. The number of esters is 1. The van der Waals surface area contributed by atoms with E-state index in [1.165, 1.54) is 32.1 Å². The lowest BCUT2D eigenvalue weighted by Gasteiger charge is -2.39. The number of carbonyl (C=O) groups excluding carboxylic acids is 1. The first kappa shape index (κ1) is 41.4. The lowest BCUT2D eigenvalue weighted by atomic mass is 9.99. The highest BCUT2D eigenvalue weighted by Gasteiger charge is 2.44. The molecule has 0 amide bonds. The van der Waals surface area contributed by atoms with E-state index in [1.807, 2.05) is 0 Å². The molecule has 0 radical (unpaired) electrons. The van der Waals surface area contributed by atoms with E-state index in [0.717, 1.165) is 70.6 Å². The Morgan fingerprint density at radius 2 is 1.36 bits per heavy atom. The van der Waals surface area contributed by atoms with Crippen molar-refractivity contribution < 1.29 is 44.2 Å². The molecule has 1 saturated heterocycles. The number of hydrogen-bond donors (Lipinski definition) is 4. The molecule has 1 aliphatic rings. The van der Waals surface area contributed by atoms with Crippen LogP contribution in [0, 0.1) is 0 Å². The maximum absolute atomic E-state index is 12.6. The summed E-state index contributed by atoms with van der Waals surface area (Å²) in [4.78, 5) is 12.6. The van der Waals surface area contributed by atoms with Crippen molar-refractivity contribution in [3.8, 4) is 0 Å². The second-order valence-corrected chi connectivity index (χ2v) is 11.9. The second kappa shape index (κ2) is 28.6. The van der Waals surface area contributed by atoms with E-state index in [2.05, 4.69) is 50.3 Å². The first-order valence-electron chi connectivity index (χ1n) is 17.6. The molecule has 6 unspecified atom stereocenters. The molecule has 262 valence electrons. The molecule has 0 aromatic carbocycles. The van der Waals surface area contributed by atoms with E-state index in [-0.39, 0.29) is 19.2 Å². The molecule has 0 bridgehead atoms. The van der Waals surface area contributed by atoms with Crippen molar-refractivity contribution in [3.63, 3.8) is 0 Å². The Morgan fingerprint density at radius 3 is 2.04 bits per heavy atom. The monoisotopic (exact) mass is 640 g/mol. The molecular formula is C36H64O9. The van der Waals surface area contributed by atoms with Crippen LogP contribution in [-0.2, 0) is 23.7 Å². The molecular weight excluding hydrogens is 576 g/mol. The summed E-state index contributed by atoms with van der Waals surface area (Å²) in [5.41, 5.74) is 0. The summed E-state index contributed by atoms with van der Waals surface area (Å²) >= 11 is 0. The second-order valence-electron chi connectivity index (χ2n) is 11.9. The molecule has 0 spiro atoms. The van der Waals surface area contributed by atoms with Crippen molar-refractivity contribution in [2.75, 3.05) is 26.4 Å². The molecule has 1 fully saturated rings. The topological polar surface area (TPSA) is 135 Å². The largest absolute Gasteiger partial charge is 0.457 e. The van der Waals surface area contributed by atoms with Gasteiger partial charge in [-0.15, -0.1) is 0 Å². The Bertz CT molecular complexity index is 782. The van der Waals surface area contributed by atoms with Crippen LogP contribution in [0.15, 0.2) is 36.5 Å². The number of aliphatic hydroxyl groups excluding tert-OH is 4. The van der Waals surface area contributed by atoms with E-state index < -0.39 is 43.4 Å². The van der Waals surface area contributed by atoms with Gasteiger partial charge in [-0.2, -0.15) is 0 Å². The molecule has 0 aliphatic carbocycles. The summed E-state index contributed by atoms with van der Waals surface area (Å²) in [7, 11) is 0. The Labute approximate surface area is 272 Å². The zero-order valence-electron chi connectivity index (χ0n) is 28.1. The van der Waals surface area contributed by atoms with Crippen LogP contribution >= 0.6 is 0 Å². The van der Waals surface area contributed by atoms with Crippen molar-refractivity contribution in [1.29, 1.82) is 0 Å². The van der Waals surface area contributed by atoms with Gasteiger partial charge < -0.3 is 39.4 Å². The van der Waals surface area contributed by atoms with E-state index in [1.54, 1.807) is 0 Å². The summed E-state index contributed by atoms with van der Waals surface area (Å²) in [6.07, 6.45) is 23.2. The van der Waals surface area contributed by atoms with Gasteiger partial charge in [0.2, 0.25) is 0 Å². The Balaban J connectivity index is 2.35. The minimum atomic E-state index is -1.54. The zero-order chi connectivity index (χ0) is 33.0. The number of carbonyl (C=O) groups is 1. The molecule has 45 heavy (non-hydrogen) atoms. The quantitative estimate of drug-likeness (QED) is 0.0457. The van der Waals surface area contributed by atoms with Crippen LogP contribution in [0.5, 0.6) is 0 Å². The van der Waals surface area contributed by atoms with Gasteiger partial charge in [-0.05, 0) is 44.9 Å². The van der Waals surface area contributed by atoms with Gasteiger partial charge in [0.1, 0.15) is 30.5 Å². The molecule has 1 rings (SSSR count). The standard InChI is InChI=1S/C36H64O9/c1-3-5-7-9-11-12-13-14-15-16-17-18-19-21-23-25-32(38)44-30(28-42-26-24-22-20-10-8-6-4-2)29-43-36-35(41)34(40)33(39)31(27-37)45-36/h5,7,11-12,14-15,30-31,33-37,39-41H,3-4,6,8-10,13,16-29H2,1-2H3/b7-5-,12-11-,15-14-. The predicted molar refractivity (Wildman–Crippen MR) is 178 cm³/mol. The summed E-state index contributed by atoms with van der Waals surface area (Å²) in [6, 6.07) is 0. The molecule has 9 nitrogen and oxygen atoms in total. The molecule has 6 atom stereocenters. The normalized spacial score (nSPS) is 23.0. The van der Waals surface area contributed by atoms with Crippen molar-refractivity contribution >= 4 is 5.97 Å². The predicted octanol–water partition coefficient (Wildman–Crippen LogP) is 6.07. The highest BCUT2D eigenvalue weighted by molar-refractivity contribution is 5.69. The third-order valence-corrected chi connectivity index (χ3v) is 7.82. The van der Waals surface area contributed by atoms with Crippen LogP contribution in [0.4, 0.5) is 0 Å². The molecule has 0 aromatic rings. The summed E-state index contributed by atoms with van der Waals surface area (Å²) in [5.74, 6) is -0.335. The van der Waals surface area contributed by atoms with Gasteiger partial charge in [-0.3, -0.25) is 4.79 Å². The molecule has 1 heterocycles. The van der Waals surface area contributed by atoms with Gasteiger partial charge in [0.15, 0.2) is 6.29 Å². The van der Waals surface area contributed by atoms with Crippen LogP contribution in [0.3, 0.4) is 0 Å². The number of allylic oxidation sites excluding steroid dienone is 6. The summed E-state index contributed by atoms with van der Waals surface area (Å²) in [6.45, 7) is 4.36. The van der Waals surface area contributed by atoms with Gasteiger partial charge in [0, 0.05) is 13.0 Å². The Hall–Kier alpha value is -1.59. The maximum Gasteiger partial charge on any atom is 0.306 e. The van der Waals surface area contributed by atoms with Crippen molar-refractivity contribution in [1.82, 2.24) is 0 Å². The highest BCUT2D eigenvalue weighted by Crippen LogP contribution is 2.22. The number of aliphatic hydroxyl groups is 4. The third kappa shape index (κ3) is 21.0. The molecule has 1 aliphatic heterocycles. The van der Waals surface area contributed by atoms with E-state index in [9.17, 15) is 25.2 Å². The number of hydrogen-bond acceptors (Lipinski definition) is 9. The Kier molecular flexibility index (Phi) is 26.3. The summed E-state index contributed by atoms with van der Waals surface area (Å²) in [5, 5.41) is 39.8. The lowest BCUT2D eigenvalue weighted by molar-refractivity contribution is -0.305. The molecule has 4 N–H and O–H groups in total. The first-order valence-corrected chi connectivity index (χ1v) is 17.6. The average molecular weight is 641 g/mol. The molecule has 9 heteroatoms. The van der Waals surface area contributed by atoms with Crippen molar-refractivity contribution in [3.05, 3.63) is 36.5 Å². The first-order chi connectivity index (χ1) is 21.9. The number of unbranched alkanes of at least 4 members (excludes halogenated alkanes) is 11. The van der Waals surface area contributed by atoms with Gasteiger partial charge in [0.25, 0.3) is 0 Å². The van der Waals surface area contributed by atoms with Crippen LogP contribution in [0.2, 0.25) is 0 Å². The third-order valence-electron chi connectivity index (χ3n) is 7.82. The fourth-order valence-corrected chi connectivity index (χ4v) is 5.03. The van der Waals surface area contributed by atoms with Crippen molar-refractivity contribution in [2.24, 2.45) is 0 Å². The molecule has 0 aromatic heterocycles. The Morgan fingerprint density at radius 1 is 0.733 bits per heavy atom. The van der Waals surface area contributed by atoms with Crippen LogP contribution in [0.1, 0.15) is 123 Å². The van der Waals surface area contributed by atoms with Gasteiger partial charge in [-0.1, -0.05) is 108 Å². The number of rotatable bonds is 28. The average Bonchev–Trinajstić information content (AvgIpc) is 3.04. The van der Waals surface area contributed by atoms with E-state index >= 15 is 0 Å². The van der Waals surface area contributed by atoms with E-state index in [4.69, 9.17) is 18.9 Å². The zero-order valence-corrected chi connectivity index (χ0v) is 28.1. The van der Waals surface area contributed by atoms with Crippen LogP contribution in [0.25, 0.3) is 0 Å². The lowest BCUT2D eigenvalue weighted by Crippen LogP contribution is -2.59. The van der Waals surface area contributed by atoms with Crippen molar-refractivity contribution in [2.45, 2.75) is 160 Å². The van der Waals surface area contributed by atoms with E-state index in [0.29, 0.717) is 13.0 Å². The van der Waals surface area contributed by atoms with Gasteiger partial charge >= 0.3 is 5.97 Å². The van der Waals surface area contributed by atoms with Crippen LogP contribution in [-0.4, -0.2) is 89.6 Å². The number of ether oxygens (including phenoxy) is 4. The fraction of sp³-hybridized carbons (Fsp3) is 0.806. The highest BCUT2D eigenvalue weighted by atomic mass is 16.7. The van der Waals surface area contributed by atoms with Crippen LogP contribution < -0.4 is 0 Å². The molecule has 0 saturated carbocycles. The maximum atomic E-state index is 12.6. The van der Waals surface area contributed by atoms with Gasteiger partial charge in [-0.25, -0.2) is 0 Å².